The van der Waals surface area contributed by atoms with Gasteiger partial charge in [0.05, 0.1) is 6.61 Å². The van der Waals surface area contributed by atoms with E-state index >= 15 is 0 Å². The molecule has 1 saturated carbocycles. The van der Waals surface area contributed by atoms with Crippen LogP contribution in [0.5, 0.6) is 0 Å². The Balaban J connectivity index is 1.89. The number of pyridine rings is 1. The fraction of sp³-hybridized carbons (Fsp3) is 0.455. The molecule has 1 N–H and O–H groups in total. The lowest BCUT2D eigenvalue weighted by atomic mass is 9.71. The standard InChI is InChI=1S/C22H23ClN2O6/c1-13-19(22(21(26)27,31-25(28)29)15-5-3-2-4-6-15)18-12-30-20(17(18)11-24-13)14-7-9-16(23)10-8-14/h7-11,15,20H,2-6,12H2,1H3,(H,26,27)/t20-,22+/m0/s1. The molecule has 9 heteroatoms. The first-order valence-corrected chi connectivity index (χ1v) is 10.6. The van der Waals surface area contributed by atoms with Crippen molar-refractivity contribution < 1.29 is 24.6 Å². The van der Waals surface area contributed by atoms with Crippen LogP contribution < -0.4 is 0 Å². The molecule has 0 spiro atoms. The Hall–Kier alpha value is -2.71. The number of rotatable bonds is 6. The number of carbonyl (C=O) groups is 1. The van der Waals surface area contributed by atoms with Gasteiger partial charge in [0, 0.05) is 34.0 Å². The van der Waals surface area contributed by atoms with Crippen LogP contribution in [-0.4, -0.2) is 21.1 Å². The second-order valence-electron chi connectivity index (χ2n) is 8.09. The molecule has 1 fully saturated rings. The molecule has 1 aliphatic carbocycles. The van der Waals surface area contributed by atoms with Gasteiger partial charge in [0.1, 0.15) is 6.10 Å². The van der Waals surface area contributed by atoms with Crippen molar-refractivity contribution in [3.05, 3.63) is 73.5 Å². The lowest BCUT2D eigenvalue weighted by Gasteiger charge is -2.38. The van der Waals surface area contributed by atoms with Gasteiger partial charge in [-0.3, -0.25) is 9.82 Å². The zero-order valence-corrected chi connectivity index (χ0v) is 17.8. The fourth-order valence-electron chi connectivity index (χ4n) is 4.99. The van der Waals surface area contributed by atoms with E-state index in [1.54, 1.807) is 25.3 Å². The molecule has 4 rings (SSSR count). The van der Waals surface area contributed by atoms with Crippen LogP contribution in [0, 0.1) is 23.0 Å². The summed E-state index contributed by atoms with van der Waals surface area (Å²) in [4.78, 5) is 33.7. The average Bonchev–Trinajstić information content (AvgIpc) is 3.17. The van der Waals surface area contributed by atoms with Gasteiger partial charge in [-0.25, -0.2) is 4.79 Å². The summed E-state index contributed by atoms with van der Waals surface area (Å²) in [6.45, 7) is 1.78. The molecule has 2 heterocycles. The van der Waals surface area contributed by atoms with Crippen LogP contribution in [0.15, 0.2) is 30.5 Å². The topological polar surface area (TPSA) is 112 Å². The molecular weight excluding hydrogens is 424 g/mol. The third-order valence-electron chi connectivity index (χ3n) is 6.35. The first-order chi connectivity index (χ1) is 14.8. The van der Waals surface area contributed by atoms with Crippen molar-refractivity contribution in [1.29, 1.82) is 0 Å². The average molecular weight is 447 g/mol. The second-order valence-corrected chi connectivity index (χ2v) is 8.52. The summed E-state index contributed by atoms with van der Waals surface area (Å²) in [6, 6.07) is 7.17. The number of nitrogens with zero attached hydrogens (tertiary/aromatic N) is 2. The number of hydrogen-bond acceptors (Lipinski definition) is 6. The highest BCUT2D eigenvalue weighted by molar-refractivity contribution is 6.30. The van der Waals surface area contributed by atoms with Gasteiger partial charge in [0.25, 0.3) is 5.09 Å². The Morgan fingerprint density at radius 2 is 1.97 bits per heavy atom. The summed E-state index contributed by atoms with van der Waals surface area (Å²) >= 11 is 5.99. The Bertz CT molecular complexity index is 1010. The zero-order chi connectivity index (χ0) is 22.2. The van der Waals surface area contributed by atoms with E-state index in [1.807, 2.05) is 12.1 Å². The van der Waals surface area contributed by atoms with Crippen LogP contribution in [0.25, 0.3) is 0 Å². The monoisotopic (exact) mass is 446 g/mol. The molecule has 8 nitrogen and oxygen atoms in total. The molecule has 0 unspecified atom stereocenters. The van der Waals surface area contributed by atoms with Crippen molar-refractivity contribution in [2.24, 2.45) is 5.92 Å². The SMILES string of the molecule is Cc1ncc2c(c1[C@@](O[N+](=O)[O-])(C(=O)O)C1CCCCC1)CO[C@H]2c1ccc(Cl)cc1. The van der Waals surface area contributed by atoms with Crippen LogP contribution in [0.2, 0.25) is 5.02 Å². The number of hydrogen-bond donors (Lipinski definition) is 1. The molecule has 2 aromatic rings. The predicted octanol–water partition coefficient (Wildman–Crippen LogP) is 4.73. The van der Waals surface area contributed by atoms with E-state index in [0.29, 0.717) is 34.7 Å². The van der Waals surface area contributed by atoms with E-state index in [1.165, 1.54) is 0 Å². The number of aromatic nitrogens is 1. The molecule has 164 valence electrons. The van der Waals surface area contributed by atoms with Crippen LogP contribution in [0.1, 0.15) is 66.2 Å². The van der Waals surface area contributed by atoms with E-state index in [0.717, 1.165) is 24.8 Å². The lowest BCUT2D eigenvalue weighted by molar-refractivity contribution is -0.782. The fourth-order valence-corrected chi connectivity index (χ4v) is 5.11. The van der Waals surface area contributed by atoms with E-state index in [9.17, 15) is 20.0 Å². The maximum atomic E-state index is 12.7. The first-order valence-electron chi connectivity index (χ1n) is 10.3. The number of halogens is 1. The van der Waals surface area contributed by atoms with Crippen molar-refractivity contribution in [2.75, 3.05) is 0 Å². The van der Waals surface area contributed by atoms with Gasteiger partial charge in [-0.05, 0) is 43.0 Å². The smallest absolute Gasteiger partial charge is 0.341 e. The molecule has 1 aromatic heterocycles. The molecule has 2 atom stereocenters. The summed E-state index contributed by atoms with van der Waals surface area (Å²) in [5.41, 5.74) is 0.656. The molecule has 1 aliphatic heterocycles. The van der Waals surface area contributed by atoms with Crippen molar-refractivity contribution >= 4 is 17.6 Å². The highest BCUT2D eigenvalue weighted by Crippen LogP contribution is 2.48. The van der Waals surface area contributed by atoms with Crippen LogP contribution in [0.3, 0.4) is 0 Å². The van der Waals surface area contributed by atoms with Gasteiger partial charge in [0.15, 0.2) is 0 Å². The number of benzene rings is 1. The van der Waals surface area contributed by atoms with Crippen molar-refractivity contribution in [2.45, 2.75) is 57.3 Å². The zero-order valence-electron chi connectivity index (χ0n) is 17.0. The third-order valence-corrected chi connectivity index (χ3v) is 6.60. The molecule has 1 aromatic carbocycles. The third kappa shape index (κ3) is 3.74. The minimum atomic E-state index is -2.12. The largest absolute Gasteiger partial charge is 0.479 e. The normalized spacial score (nSPS) is 20.6. The Morgan fingerprint density at radius 3 is 2.58 bits per heavy atom. The number of aryl methyl sites for hydroxylation is 1. The van der Waals surface area contributed by atoms with E-state index in [2.05, 4.69) is 4.98 Å². The van der Waals surface area contributed by atoms with Gasteiger partial charge in [-0.1, -0.05) is 43.0 Å². The highest BCUT2D eigenvalue weighted by atomic mass is 35.5. The van der Waals surface area contributed by atoms with Crippen LogP contribution in [-0.2, 0) is 26.6 Å². The molecule has 0 saturated heterocycles. The summed E-state index contributed by atoms with van der Waals surface area (Å²) in [7, 11) is 0. The predicted molar refractivity (Wildman–Crippen MR) is 111 cm³/mol. The Morgan fingerprint density at radius 1 is 1.29 bits per heavy atom. The number of carboxylic acid groups (broad SMARTS) is 1. The van der Waals surface area contributed by atoms with E-state index < -0.39 is 28.7 Å². The van der Waals surface area contributed by atoms with Crippen molar-refractivity contribution in [1.82, 2.24) is 4.98 Å². The van der Waals surface area contributed by atoms with Gasteiger partial charge >= 0.3 is 5.97 Å². The molecule has 0 bridgehead atoms. The summed E-state index contributed by atoms with van der Waals surface area (Å²) < 4.78 is 6.01. The molecule has 0 amide bonds. The van der Waals surface area contributed by atoms with Gasteiger partial charge in [0.2, 0.25) is 5.60 Å². The second kappa shape index (κ2) is 8.43. The van der Waals surface area contributed by atoms with Crippen LogP contribution in [0.4, 0.5) is 0 Å². The lowest BCUT2D eigenvalue weighted by Crippen LogP contribution is -2.49. The molecule has 31 heavy (non-hydrogen) atoms. The Kier molecular flexibility index (Phi) is 5.85. The Labute approximate surface area is 184 Å². The summed E-state index contributed by atoms with van der Waals surface area (Å²) in [5.74, 6) is -1.91. The van der Waals surface area contributed by atoms with Crippen LogP contribution >= 0.6 is 11.6 Å². The maximum absolute atomic E-state index is 12.7. The van der Waals surface area contributed by atoms with Crippen molar-refractivity contribution in [3.63, 3.8) is 0 Å². The van der Waals surface area contributed by atoms with Gasteiger partial charge < -0.3 is 9.84 Å². The van der Waals surface area contributed by atoms with Crippen molar-refractivity contribution in [3.8, 4) is 0 Å². The molecule has 0 radical (unpaired) electrons. The number of aliphatic carboxylic acids is 1. The number of fused-ring (bicyclic) bond motifs is 1. The van der Waals surface area contributed by atoms with E-state index in [4.69, 9.17) is 21.2 Å². The quantitative estimate of drug-likeness (QED) is 0.504. The van der Waals surface area contributed by atoms with Gasteiger partial charge in [-0.2, -0.15) is 0 Å². The number of ether oxygens (including phenoxy) is 1. The van der Waals surface area contributed by atoms with Gasteiger partial charge in [-0.15, -0.1) is 10.1 Å². The summed E-state index contributed by atoms with van der Waals surface area (Å²) in [6.07, 6.45) is 4.82. The maximum Gasteiger partial charge on any atom is 0.341 e. The number of carboxylic acids is 1. The summed E-state index contributed by atoms with van der Waals surface area (Å²) in [5, 5.41) is 21.5. The first kappa shape index (κ1) is 21.5. The minimum absolute atomic E-state index is 0.115. The van der Waals surface area contributed by atoms with E-state index in [-0.39, 0.29) is 12.2 Å². The molecular formula is C22H23ClN2O6. The molecule has 2 aliphatic rings. The highest BCUT2D eigenvalue weighted by Gasteiger charge is 2.55. The minimum Gasteiger partial charge on any atom is -0.479 e.